The van der Waals surface area contributed by atoms with Gasteiger partial charge in [-0.1, -0.05) is 0 Å². The first-order valence-corrected chi connectivity index (χ1v) is 4.98. The van der Waals surface area contributed by atoms with Gasteiger partial charge in [0.25, 0.3) is 0 Å². The number of nitrogens with zero attached hydrogens (tertiary/aromatic N) is 1. The number of hydrogen-bond donors (Lipinski definition) is 1. The van der Waals surface area contributed by atoms with Gasteiger partial charge in [0, 0.05) is 12.6 Å². The van der Waals surface area contributed by atoms with Crippen LogP contribution >= 0.6 is 0 Å². The van der Waals surface area contributed by atoms with Crippen LogP contribution in [0, 0.1) is 0 Å². The van der Waals surface area contributed by atoms with Gasteiger partial charge in [-0.15, -0.1) is 0 Å². The van der Waals surface area contributed by atoms with Gasteiger partial charge in [-0.25, -0.2) is 8.42 Å². The molecule has 0 radical (unpaired) electrons. The van der Waals surface area contributed by atoms with Crippen molar-refractivity contribution in [2.75, 3.05) is 19.4 Å². The molecule has 10 heavy (non-hydrogen) atoms. The first-order valence-electron chi connectivity index (χ1n) is 3.13. The topological polar surface area (TPSA) is 57.6 Å². The number of aliphatic hydroxyl groups excluding tert-OH is 1. The van der Waals surface area contributed by atoms with Gasteiger partial charge in [0.2, 0.25) is 10.0 Å². The van der Waals surface area contributed by atoms with Crippen LogP contribution < -0.4 is 0 Å². The van der Waals surface area contributed by atoms with Crippen LogP contribution in [0.2, 0.25) is 0 Å². The fraction of sp³-hybridized carbons (Fsp3) is 1.00. The average Bonchev–Trinajstić information content (AvgIpc) is 1.57. The Hall–Kier alpha value is -0.130. The molecule has 1 fully saturated rings. The molecule has 60 valence electrons. The van der Waals surface area contributed by atoms with E-state index >= 15 is 0 Å². The van der Waals surface area contributed by atoms with E-state index in [0.29, 0.717) is 6.54 Å². The van der Waals surface area contributed by atoms with Crippen LogP contribution in [0.25, 0.3) is 0 Å². The lowest BCUT2D eigenvalue weighted by molar-refractivity contribution is 0.117. The molecule has 0 spiro atoms. The van der Waals surface area contributed by atoms with Gasteiger partial charge in [0.15, 0.2) is 0 Å². The molecule has 1 aliphatic heterocycles. The lowest BCUT2D eigenvalue weighted by Gasteiger charge is -2.37. The zero-order chi connectivity index (χ0) is 7.78. The van der Waals surface area contributed by atoms with Crippen molar-refractivity contribution in [2.24, 2.45) is 0 Å². The van der Waals surface area contributed by atoms with Gasteiger partial charge >= 0.3 is 0 Å². The van der Waals surface area contributed by atoms with Gasteiger partial charge in [-0.05, 0) is 6.42 Å². The number of aliphatic hydroxyl groups is 1. The molecule has 1 atom stereocenters. The molecular formula is C5H11NO3S. The van der Waals surface area contributed by atoms with E-state index in [1.54, 1.807) is 0 Å². The second-order valence-electron chi connectivity index (χ2n) is 2.50. The van der Waals surface area contributed by atoms with E-state index in [2.05, 4.69) is 0 Å². The average molecular weight is 165 g/mol. The van der Waals surface area contributed by atoms with Gasteiger partial charge in [0.05, 0.1) is 12.9 Å². The summed E-state index contributed by atoms with van der Waals surface area (Å²) in [5, 5.41) is 8.61. The third kappa shape index (κ3) is 1.31. The third-order valence-electron chi connectivity index (χ3n) is 1.73. The lowest BCUT2D eigenvalue weighted by Crippen LogP contribution is -2.52. The molecule has 0 aromatic carbocycles. The van der Waals surface area contributed by atoms with Crippen molar-refractivity contribution >= 4 is 10.0 Å². The predicted octanol–water partition coefficient (Wildman–Crippen LogP) is -0.987. The molecule has 0 saturated carbocycles. The maximum absolute atomic E-state index is 10.8. The number of sulfonamides is 1. The molecule has 1 saturated heterocycles. The van der Waals surface area contributed by atoms with Crippen LogP contribution in [0.15, 0.2) is 0 Å². The smallest absolute Gasteiger partial charge is 0.211 e. The van der Waals surface area contributed by atoms with Crippen LogP contribution in [0.4, 0.5) is 0 Å². The van der Waals surface area contributed by atoms with E-state index in [9.17, 15) is 8.42 Å². The monoisotopic (exact) mass is 165 g/mol. The molecule has 0 aliphatic carbocycles. The highest BCUT2D eigenvalue weighted by Crippen LogP contribution is 2.19. The quantitative estimate of drug-likeness (QED) is 0.571. The summed E-state index contributed by atoms with van der Waals surface area (Å²) in [6, 6.07) is -0.157. The Morgan fingerprint density at radius 2 is 2.30 bits per heavy atom. The fourth-order valence-corrected chi connectivity index (χ4v) is 2.19. The Morgan fingerprint density at radius 3 is 2.40 bits per heavy atom. The fourth-order valence-electron chi connectivity index (χ4n) is 1.04. The van der Waals surface area contributed by atoms with Crippen molar-refractivity contribution < 1.29 is 13.5 Å². The molecule has 0 amide bonds. The normalized spacial score (nSPS) is 28.0. The molecule has 0 aromatic heterocycles. The molecule has 4 nitrogen and oxygen atoms in total. The molecule has 1 aliphatic rings. The van der Waals surface area contributed by atoms with Crippen molar-refractivity contribution in [1.29, 1.82) is 0 Å². The Kier molecular flexibility index (Phi) is 1.98. The molecular weight excluding hydrogens is 154 g/mol. The van der Waals surface area contributed by atoms with Crippen LogP contribution in [-0.2, 0) is 10.0 Å². The predicted molar refractivity (Wildman–Crippen MR) is 37.0 cm³/mol. The highest BCUT2D eigenvalue weighted by Gasteiger charge is 2.33. The SMILES string of the molecule is CS(=O)(=O)N1CC[C@H]1CO. The lowest BCUT2D eigenvalue weighted by atomic mass is 10.1. The number of rotatable bonds is 2. The Balaban J connectivity index is 2.60. The van der Waals surface area contributed by atoms with Crippen molar-refractivity contribution in [1.82, 2.24) is 4.31 Å². The summed E-state index contributed by atoms with van der Waals surface area (Å²) in [5.74, 6) is 0. The van der Waals surface area contributed by atoms with E-state index in [-0.39, 0.29) is 12.6 Å². The van der Waals surface area contributed by atoms with Gasteiger partial charge in [0.1, 0.15) is 0 Å². The molecule has 0 aromatic rings. The molecule has 0 unspecified atom stereocenters. The molecule has 1 heterocycles. The van der Waals surface area contributed by atoms with Crippen LogP contribution in [0.1, 0.15) is 6.42 Å². The second-order valence-corrected chi connectivity index (χ2v) is 4.43. The third-order valence-corrected chi connectivity index (χ3v) is 3.06. The zero-order valence-corrected chi connectivity index (χ0v) is 6.63. The standard InChI is InChI=1S/C5H11NO3S/c1-10(8,9)6-3-2-5(6)4-7/h5,7H,2-4H2,1H3/t5-/m0/s1. The van der Waals surface area contributed by atoms with E-state index in [4.69, 9.17) is 5.11 Å². The minimum Gasteiger partial charge on any atom is -0.395 e. The van der Waals surface area contributed by atoms with E-state index in [0.717, 1.165) is 12.7 Å². The van der Waals surface area contributed by atoms with Crippen LogP contribution in [0.3, 0.4) is 0 Å². The largest absolute Gasteiger partial charge is 0.395 e. The van der Waals surface area contributed by atoms with E-state index in [1.807, 2.05) is 0 Å². The molecule has 1 rings (SSSR count). The second kappa shape index (κ2) is 2.48. The Bertz CT molecular complexity index is 209. The molecule has 5 heteroatoms. The molecule has 1 N–H and O–H groups in total. The summed E-state index contributed by atoms with van der Waals surface area (Å²) >= 11 is 0. The minimum atomic E-state index is -3.05. The Morgan fingerprint density at radius 1 is 1.70 bits per heavy atom. The Labute approximate surface area is 60.5 Å². The highest BCUT2D eigenvalue weighted by molar-refractivity contribution is 7.88. The first kappa shape index (κ1) is 7.97. The minimum absolute atomic E-state index is 0.0624. The summed E-state index contributed by atoms with van der Waals surface area (Å²) < 4.78 is 22.9. The summed E-state index contributed by atoms with van der Waals surface area (Å²) in [6.07, 6.45) is 1.94. The summed E-state index contributed by atoms with van der Waals surface area (Å²) in [5.41, 5.74) is 0. The van der Waals surface area contributed by atoms with Gasteiger partial charge in [-0.2, -0.15) is 4.31 Å². The summed E-state index contributed by atoms with van der Waals surface area (Å²) in [4.78, 5) is 0. The van der Waals surface area contributed by atoms with Crippen molar-refractivity contribution in [3.63, 3.8) is 0 Å². The zero-order valence-electron chi connectivity index (χ0n) is 5.82. The maximum atomic E-state index is 10.8. The van der Waals surface area contributed by atoms with Crippen molar-refractivity contribution in [3.05, 3.63) is 0 Å². The van der Waals surface area contributed by atoms with Gasteiger partial charge in [-0.3, -0.25) is 0 Å². The maximum Gasteiger partial charge on any atom is 0.211 e. The first-order chi connectivity index (χ1) is 4.55. The van der Waals surface area contributed by atoms with Crippen LogP contribution in [0.5, 0.6) is 0 Å². The van der Waals surface area contributed by atoms with Crippen molar-refractivity contribution in [2.45, 2.75) is 12.5 Å². The van der Waals surface area contributed by atoms with Gasteiger partial charge < -0.3 is 5.11 Å². The molecule has 0 bridgehead atoms. The van der Waals surface area contributed by atoms with Crippen molar-refractivity contribution in [3.8, 4) is 0 Å². The summed E-state index contributed by atoms with van der Waals surface area (Å²) in [6.45, 7) is 0.497. The van der Waals surface area contributed by atoms with E-state index in [1.165, 1.54) is 4.31 Å². The van der Waals surface area contributed by atoms with E-state index < -0.39 is 10.0 Å². The number of hydrogen-bond acceptors (Lipinski definition) is 3. The summed E-state index contributed by atoms with van der Waals surface area (Å²) in [7, 11) is -3.05. The highest BCUT2D eigenvalue weighted by atomic mass is 32.2. The van der Waals surface area contributed by atoms with Crippen LogP contribution in [-0.4, -0.2) is 43.3 Å².